The molecule has 2 unspecified atom stereocenters. The molecule has 1 aliphatic heterocycles. The van der Waals surface area contributed by atoms with Crippen LogP contribution in [0.25, 0.3) is 0 Å². The van der Waals surface area contributed by atoms with Crippen LogP contribution >= 0.6 is 0 Å². The summed E-state index contributed by atoms with van der Waals surface area (Å²) in [5.74, 6) is 0.498. The number of methoxy groups -OCH3 is 1. The highest BCUT2D eigenvalue weighted by Gasteiger charge is 2.39. The van der Waals surface area contributed by atoms with E-state index in [4.69, 9.17) is 4.74 Å². The highest BCUT2D eigenvalue weighted by Crippen LogP contribution is 2.33. The summed E-state index contributed by atoms with van der Waals surface area (Å²) in [5.41, 5.74) is 0.485. The summed E-state index contributed by atoms with van der Waals surface area (Å²) in [6.07, 6.45) is 2.60. The third-order valence-electron chi connectivity index (χ3n) is 4.18. The SMILES string of the molecule is CCC1CCC(C)N1S(=O)(=O)c1ccc(OC)c(CO)c1. The quantitative estimate of drug-likeness (QED) is 0.904. The van der Waals surface area contributed by atoms with Crippen LogP contribution in [0.15, 0.2) is 23.1 Å². The van der Waals surface area contributed by atoms with Gasteiger partial charge in [0.05, 0.1) is 18.6 Å². The highest BCUT2D eigenvalue weighted by atomic mass is 32.2. The van der Waals surface area contributed by atoms with Crippen molar-refractivity contribution in [1.29, 1.82) is 0 Å². The van der Waals surface area contributed by atoms with Gasteiger partial charge in [-0.2, -0.15) is 4.31 Å². The maximum Gasteiger partial charge on any atom is 0.243 e. The van der Waals surface area contributed by atoms with E-state index in [1.807, 2.05) is 13.8 Å². The number of hydrogen-bond donors (Lipinski definition) is 1. The molecule has 0 bridgehead atoms. The maximum atomic E-state index is 12.9. The number of benzene rings is 1. The summed E-state index contributed by atoms with van der Waals surface area (Å²) in [7, 11) is -2.04. The number of ether oxygens (including phenoxy) is 1. The van der Waals surface area contributed by atoms with Crippen LogP contribution in [0.4, 0.5) is 0 Å². The van der Waals surface area contributed by atoms with E-state index in [0.29, 0.717) is 11.3 Å². The zero-order valence-corrected chi connectivity index (χ0v) is 13.6. The molecule has 0 radical (unpaired) electrons. The predicted molar refractivity (Wildman–Crippen MR) is 80.7 cm³/mol. The molecule has 1 aromatic carbocycles. The second-order valence-electron chi connectivity index (χ2n) is 5.46. The first-order chi connectivity index (χ1) is 9.95. The summed E-state index contributed by atoms with van der Waals surface area (Å²) in [6, 6.07) is 4.72. The lowest BCUT2D eigenvalue weighted by molar-refractivity contribution is 0.273. The first-order valence-electron chi connectivity index (χ1n) is 7.27. The molecule has 2 rings (SSSR count). The van der Waals surface area contributed by atoms with Crippen LogP contribution in [-0.4, -0.2) is 37.0 Å². The molecule has 5 nitrogen and oxygen atoms in total. The average molecular weight is 313 g/mol. The van der Waals surface area contributed by atoms with E-state index < -0.39 is 10.0 Å². The molecule has 1 aliphatic rings. The van der Waals surface area contributed by atoms with Gasteiger partial charge < -0.3 is 9.84 Å². The van der Waals surface area contributed by atoms with Gasteiger partial charge in [0, 0.05) is 17.6 Å². The Morgan fingerprint density at radius 3 is 2.67 bits per heavy atom. The zero-order chi connectivity index (χ0) is 15.6. The lowest BCUT2D eigenvalue weighted by Crippen LogP contribution is -2.39. The lowest BCUT2D eigenvalue weighted by atomic mass is 10.2. The van der Waals surface area contributed by atoms with Crippen LogP contribution in [0.2, 0.25) is 0 Å². The Kier molecular flexibility index (Phi) is 4.91. The number of sulfonamides is 1. The molecule has 21 heavy (non-hydrogen) atoms. The Morgan fingerprint density at radius 2 is 2.10 bits per heavy atom. The number of aliphatic hydroxyl groups excluding tert-OH is 1. The number of hydrogen-bond acceptors (Lipinski definition) is 4. The van der Waals surface area contributed by atoms with Crippen molar-refractivity contribution in [3.05, 3.63) is 23.8 Å². The Balaban J connectivity index is 2.44. The molecular formula is C15H23NO4S. The fourth-order valence-corrected chi connectivity index (χ4v) is 5.03. The van der Waals surface area contributed by atoms with Gasteiger partial charge in [0.1, 0.15) is 5.75 Å². The Labute approximate surface area is 126 Å². The van der Waals surface area contributed by atoms with E-state index >= 15 is 0 Å². The Hall–Kier alpha value is -1.11. The van der Waals surface area contributed by atoms with E-state index in [1.165, 1.54) is 13.2 Å². The van der Waals surface area contributed by atoms with Crippen molar-refractivity contribution in [2.24, 2.45) is 0 Å². The van der Waals surface area contributed by atoms with Gasteiger partial charge in [-0.15, -0.1) is 0 Å². The lowest BCUT2D eigenvalue weighted by Gasteiger charge is -2.27. The minimum Gasteiger partial charge on any atom is -0.496 e. The van der Waals surface area contributed by atoms with Gasteiger partial charge in [-0.05, 0) is 44.4 Å². The van der Waals surface area contributed by atoms with Crippen molar-refractivity contribution < 1.29 is 18.3 Å². The van der Waals surface area contributed by atoms with Crippen molar-refractivity contribution >= 4 is 10.0 Å². The summed E-state index contributed by atoms with van der Waals surface area (Å²) >= 11 is 0. The van der Waals surface area contributed by atoms with Crippen molar-refractivity contribution in [2.45, 2.75) is 56.7 Å². The summed E-state index contributed by atoms with van der Waals surface area (Å²) in [5, 5.41) is 9.37. The zero-order valence-electron chi connectivity index (χ0n) is 12.7. The molecule has 0 aromatic heterocycles. The molecule has 6 heteroatoms. The molecule has 2 atom stereocenters. The summed E-state index contributed by atoms with van der Waals surface area (Å²) in [4.78, 5) is 0.222. The smallest absolute Gasteiger partial charge is 0.243 e. The first kappa shape index (κ1) is 16.3. The fraction of sp³-hybridized carbons (Fsp3) is 0.600. The third-order valence-corrected chi connectivity index (χ3v) is 6.24. The fourth-order valence-electron chi connectivity index (χ4n) is 3.03. The second-order valence-corrected chi connectivity index (χ2v) is 7.30. The largest absolute Gasteiger partial charge is 0.496 e. The van der Waals surface area contributed by atoms with E-state index in [9.17, 15) is 13.5 Å². The molecule has 0 aliphatic carbocycles. The highest BCUT2D eigenvalue weighted by molar-refractivity contribution is 7.89. The van der Waals surface area contributed by atoms with Crippen molar-refractivity contribution in [2.75, 3.05) is 7.11 Å². The summed E-state index contributed by atoms with van der Waals surface area (Å²) < 4.78 is 32.5. The average Bonchev–Trinajstić information content (AvgIpc) is 2.88. The van der Waals surface area contributed by atoms with Gasteiger partial charge in [-0.1, -0.05) is 6.92 Å². The molecule has 1 fully saturated rings. The van der Waals surface area contributed by atoms with Gasteiger partial charge in [-0.25, -0.2) is 8.42 Å². The minimum absolute atomic E-state index is 0.0135. The normalized spacial score (nSPS) is 23.4. The number of nitrogens with zero attached hydrogens (tertiary/aromatic N) is 1. The summed E-state index contributed by atoms with van der Waals surface area (Å²) in [6.45, 7) is 3.71. The molecule has 1 N–H and O–H groups in total. The van der Waals surface area contributed by atoms with Crippen LogP contribution in [0.3, 0.4) is 0 Å². The molecule has 1 heterocycles. The number of rotatable bonds is 5. The van der Waals surface area contributed by atoms with Crippen LogP contribution in [0.5, 0.6) is 5.75 Å². The van der Waals surface area contributed by atoms with E-state index in [2.05, 4.69) is 0 Å². The van der Waals surface area contributed by atoms with Gasteiger partial charge >= 0.3 is 0 Å². The van der Waals surface area contributed by atoms with Crippen LogP contribution < -0.4 is 4.74 Å². The van der Waals surface area contributed by atoms with Gasteiger partial charge in [0.15, 0.2) is 0 Å². The van der Waals surface area contributed by atoms with E-state index in [0.717, 1.165) is 19.3 Å². The van der Waals surface area contributed by atoms with Crippen molar-refractivity contribution in [1.82, 2.24) is 4.31 Å². The van der Waals surface area contributed by atoms with Crippen LogP contribution in [-0.2, 0) is 16.6 Å². The first-order valence-corrected chi connectivity index (χ1v) is 8.71. The van der Waals surface area contributed by atoms with Crippen LogP contribution in [0.1, 0.15) is 38.7 Å². The van der Waals surface area contributed by atoms with Crippen molar-refractivity contribution in [3.63, 3.8) is 0 Å². The molecule has 0 saturated carbocycles. The van der Waals surface area contributed by atoms with E-state index in [-0.39, 0.29) is 23.6 Å². The van der Waals surface area contributed by atoms with Gasteiger partial charge in [0.25, 0.3) is 0 Å². The topological polar surface area (TPSA) is 66.8 Å². The van der Waals surface area contributed by atoms with Gasteiger partial charge in [-0.3, -0.25) is 0 Å². The van der Waals surface area contributed by atoms with Gasteiger partial charge in [0.2, 0.25) is 10.0 Å². The predicted octanol–water partition coefficient (Wildman–Crippen LogP) is 2.14. The molecule has 0 amide bonds. The standard InChI is InChI=1S/C15H23NO4S/c1-4-13-6-5-11(2)16(13)21(18,19)14-7-8-15(20-3)12(9-14)10-17/h7-9,11,13,17H,4-6,10H2,1-3H3. The molecule has 118 valence electrons. The maximum absolute atomic E-state index is 12.9. The molecule has 0 spiro atoms. The Morgan fingerprint density at radius 1 is 1.38 bits per heavy atom. The molecule has 1 saturated heterocycles. The number of aliphatic hydroxyl groups is 1. The molecule has 1 aromatic rings. The van der Waals surface area contributed by atoms with Crippen LogP contribution in [0, 0.1) is 0 Å². The molecular weight excluding hydrogens is 290 g/mol. The van der Waals surface area contributed by atoms with Crippen molar-refractivity contribution in [3.8, 4) is 5.75 Å². The second kappa shape index (κ2) is 6.34. The Bertz CT molecular complexity index is 600. The van der Waals surface area contributed by atoms with E-state index in [1.54, 1.807) is 16.4 Å². The third kappa shape index (κ3) is 2.93. The minimum atomic E-state index is -3.54. The monoisotopic (exact) mass is 313 g/mol.